The van der Waals surface area contributed by atoms with E-state index >= 15 is 0 Å². The molecule has 0 saturated carbocycles. The highest BCUT2D eigenvalue weighted by atomic mass is 14.8. The van der Waals surface area contributed by atoms with Crippen molar-refractivity contribution in [3.63, 3.8) is 0 Å². The second-order valence-corrected chi connectivity index (χ2v) is 5.28. The molecule has 0 radical (unpaired) electrons. The Kier molecular flexibility index (Phi) is 7.03. The van der Waals surface area contributed by atoms with Gasteiger partial charge in [0, 0.05) is 12.4 Å². The van der Waals surface area contributed by atoms with Crippen molar-refractivity contribution in [2.45, 2.75) is 26.1 Å². The normalized spacial score (nSPS) is 9.68. The summed E-state index contributed by atoms with van der Waals surface area (Å²) in [6, 6.07) is 21.7. The fourth-order valence-electron chi connectivity index (χ4n) is 2.52. The summed E-state index contributed by atoms with van der Waals surface area (Å²) in [5, 5.41) is 0. The van der Waals surface area contributed by atoms with Gasteiger partial charge in [-0.25, -0.2) is 4.98 Å². The van der Waals surface area contributed by atoms with Crippen molar-refractivity contribution in [3.8, 4) is 0 Å². The number of aromatic amines is 1. The first kappa shape index (κ1) is 16.1. The minimum absolute atomic E-state index is 0.553. The van der Waals surface area contributed by atoms with Crippen LogP contribution in [-0.4, -0.2) is 16.7 Å². The van der Waals surface area contributed by atoms with E-state index in [0.717, 1.165) is 0 Å². The van der Waals surface area contributed by atoms with Crippen LogP contribution in [0, 0.1) is 0 Å². The molecule has 1 aromatic heterocycles. The summed E-state index contributed by atoms with van der Waals surface area (Å²) in [4.78, 5) is 6.42. The van der Waals surface area contributed by atoms with Gasteiger partial charge in [-0.15, -0.1) is 0 Å². The Bertz CT molecular complexity index is 537. The van der Waals surface area contributed by atoms with Crippen molar-refractivity contribution < 1.29 is 0 Å². The summed E-state index contributed by atoms with van der Waals surface area (Å²) < 4.78 is 0. The Morgan fingerprint density at radius 1 is 0.909 bits per heavy atom. The second-order valence-electron chi connectivity index (χ2n) is 5.28. The molecule has 0 fully saturated rings. The molecule has 0 aliphatic rings. The lowest BCUT2D eigenvalue weighted by molar-refractivity contribution is 0.878. The average molecular weight is 290 g/mol. The molecule has 0 atom stereocenters. The molecule has 0 amide bonds. The van der Waals surface area contributed by atoms with Gasteiger partial charge in [0.05, 0.1) is 6.33 Å². The summed E-state index contributed by atoms with van der Waals surface area (Å²) in [7, 11) is 0. The van der Waals surface area contributed by atoms with E-state index in [-0.39, 0.29) is 0 Å². The molecular weight excluding hydrogens is 267 g/mol. The number of aromatic nitrogens is 2. The monoisotopic (exact) mass is 290 g/mol. The van der Waals surface area contributed by atoms with E-state index in [1.807, 2.05) is 0 Å². The van der Waals surface area contributed by atoms with E-state index in [9.17, 15) is 0 Å². The van der Waals surface area contributed by atoms with Gasteiger partial charge in [-0.05, 0) is 0 Å². The predicted molar refractivity (Wildman–Crippen MR) is 96.2 cm³/mol. The van der Waals surface area contributed by atoms with Crippen LogP contribution in [0.1, 0.15) is 19.8 Å². The first-order chi connectivity index (χ1) is 10.9. The number of benzene rings is 2. The van der Waals surface area contributed by atoms with Crippen LogP contribution in [-0.2, 0) is 0 Å². The fraction of sp³-hybridized carbons (Fsp3) is 0.211. The van der Waals surface area contributed by atoms with Crippen LogP contribution in [0.4, 0.5) is 0 Å². The van der Waals surface area contributed by atoms with Gasteiger partial charge in [-0.2, -0.15) is 0 Å². The molecule has 0 saturated heterocycles. The Morgan fingerprint density at radius 3 is 1.86 bits per heavy atom. The first-order valence-corrected chi connectivity index (χ1v) is 7.94. The highest BCUT2D eigenvalue weighted by molar-refractivity contribution is 6.85. The molecule has 2 nitrogen and oxygen atoms in total. The van der Waals surface area contributed by atoms with E-state index < -0.39 is 0 Å². The van der Waals surface area contributed by atoms with Gasteiger partial charge < -0.3 is 4.98 Å². The number of hydrogen-bond donors (Lipinski definition) is 1. The summed E-state index contributed by atoms with van der Waals surface area (Å²) >= 11 is 0. The Balaban J connectivity index is 0.000000299. The summed E-state index contributed by atoms with van der Waals surface area (Å²) in [6.07, 6.45) is 8.87. The number of hydrogen-bond acceptors (Lipinski definition) is 1. The van der Waals surface area contributed by atoms with Crippen molar-refractivity contribution in [3.05, 3.63) is 79.4 Å². The van der Waals surface area contributed by atoms with Crippen LogP contribution in [0.25, 0.3) is 0 Å². The van der Waals surface area contributed by atoms with Gasteiger partial charge in [0.15, 0.2) is 0 Å². The van der Waals surface area contributed by atoms with Crippen LogP contribution in [0.5, 0.6) is 0 Å². The SMILES string of the molecule is CCCCB(c1ccccc1)c1ccccc1.c1c[nH]cn1. The van der Waals surface area contributed by atoms with Gasteiger partial charge >= 0.3 is 0 Å². The number of H-pyrrole nitrogens is 1. The van der Waals surface area contributed by atoms with Crippen molar-refractivity contribution in [1.82, 2.24) is 9.97 Å². The molecule has 3 rings (SSSR count). The highest BCUT2D eigenvalue weighted by Crippen LogP contribution is 2.03. The molecule has 0 aliphatic carbocycles. The molecule has 0 aliphatic heterocycles. The Labute approximate surface area is 133 Å². The maximum atomic E-state index is 3.67. The number of rotatable bonds is 5. The average Bonchev–Trinajstić information content (AvgIpc) is 3.17. The third-order valence-corrected chi connectivity index (χ3v) is 3.66. The molecule has 1 heterocycles. The minimum atomic E-state index is 0.553. The molecule has 3 heteroatoms. The van der Waals surface area contributed by atoms with E-state index in [2.05, 4.69) is 77.6 Å². The zero-order valence-corrected chi connectivity index (χ0v) is 13.2. The van der Waals surface area contributed by atoms with Gasteiger partial charge in [-0.1, -0.05) is 97.7 Å². The molecule has 1 N–H and O–H groups in total. The zero-order valence-electron chi connectivity index (χ0n) is 13.2. The molecule has 2 aromatic carbocycles. The smallest absolute Gasteiger partial charge is 0.209 e. The number of imidazole rings is 1. The standard InChI is InChI=1S/C16H19B.C3H4N2/c1-2-3-14-17(15-10-6-4-7-11-15)16-12-8-5-9-13-16;1-2-5-3-4-1/h4-13H,2-3,14H2,1H3;1-3H,(H,4,5). The zero-order chi connectivity index (χ0) is 15.5. The van der Waals surface area contributed by atoms with E-state index in [1.165, 1.54) is 30.1 Å². The summed E-state index contributed by atoms with van der Waals surface area (Å²) in [5.74, 6) is 0. The van der Waals surface area contributed by atoms with Crippen molar-refractivity contribution >= 4 is 17.6 Å². The van der Waals surface area contributed by atoms with E-state index in [0.29, 0.717) is 6.71 Å². The maximum Gasteiger partial charge on any atom is 0.209 e. The second kappa shape index (κ2) is 9.61. The van der Waals surface area contributed by atoms with Crippen molar-refractivity contribution in [2.24, 2.45) is 0 Å². The van der Waals surface area contributed by atoms with Crippen LogP contribution < -0.4 is 10.9 Å². The third-order valence-electron chi connectivity index (χ3n) is 3.66. The predicted octanol–water partition coefficient (Wildman–Crippen LogP) is 3.51. The van der Waals surface area contributed by atoms with Crippen LogP contribution >= 0.6 is 0 Å². The molecule has 0 spiro atoms. The van der Waals surface area contributed by atoms with Gasteiger partial charge in [0.1, 0.15) is 0 Å². The summed E-state index contributed by atoms with van der Waals surface area (Å²) in [5.41, 5.74) is 2.87. The largest absolute Gasteiger partial charge is 0.351 e. The van der Waals surface area contributed by atoms with Crippen LogP contribution in [0.3, 0.4) is 0 Å². The molecule has 22 heavy (non-hydrogen) atoms. The molecule has 0 unspecified atom stereocenters. The highest BCUT2D eigenvalue weighted by Gasteiger charge is 2.17. The van der Waals surface area contributed by atoms with Gasteiger partial charge in [0.2, 0.25) is 6.71 Å². The maximum absolute atomic E-state index is 3.67. The third kappa shape index (κ3) is 5.25. The number of nitrogens with zero attached hydrogens (tertiary/aromatic N) is 1. The molecule has 0 bridgehead atoms. The van der Waals surface area contributed by atoms with Crippen LogP contribution in [0.15, 0.2) is 79.4 Å². The van der Waals surface area contributed by atoms with Gasteiger partial charge in [0.25, 0.3) is 0 Å². The fourth-order valence-corrected chi connectivity index (χ4v) is 2.52. The topological polar surface area (TPSA) is 28.7 Å². The Hall–Kier alpha value is -2.29. The lowest BCUT2D eigenvalue weighted by Gasteiger charge is -2.14. The quantitative estimate of drug-likeness (QED) is 0.716. The van der Waals surface area contributed by atoms with Crippen molar-refractivity contribution in [1.29, 1.82) is 0 Å². The summed E-state index contributed by atoms with van der Waals surface area (Å²) in [6.45, 7) is 2.81. The first-order valence-electron chi connectivity index (χ1n) is 7.94. The lowest BCUT2D eigenvalue weighted by atomic mass is 9.38. The van der Waals surface area contributed by atoms with Gasteiger partial charge in [-0.3, -0.25) is 0 Å². The molecule has 112 valence electrons. The number of unbranched alkanes of at least 4 members (excludes halogenated alkanes) is 1. The molecule has 3 aromatic rings. The van der Waals surface area contributed by atoms with Crippen molar-refractivity contribution in [2.75, 3.05) is 0 Å². The van der Waals surface area contributed by atoms with E-state index in [1.54, 1.807) is 18.7 Å². The van der Waals surface area contributed by atoms with Crippen LogP contribution in [0.2, 0.25) is 6.32 Å². The lowest BCUT2D eigenvalue weighted by Crippen LogP contribution is -2.41. The molecular formula is C19H23BN2. The number of nitrogens with one attached hydrogen (secondary N) is 1. The minimum Gasteiger partial charge on any atom is -0.351 e. The Morgan fingerprint density at radius 2 is 1.50 bits per heavy atom. The van der Waals surface area contributed by atoms with E-state index in [4.69, 9.17) is 0 Å².